The lowest BCUT2D eigenvalue weighted by Gasteiger charge is -2.26. The minimum Gasteiger partial charge on any atom is -0.481 e. The molecule has 0 aromatic heterocycles. The van der Waals surface area contributed by atoms with Gasteiger partial charge in [0.1, 0.15) is 5.60 Å². The van der Waals surface area contributed by atoms with Crippen LogP contribution in [0.15, 0.2) is 0 Å². The number of carboxylic acids is 1. The van der Waals surface area contributed by atoms with Crippen LogP contribution in [0.4, 0.5) is 4.79 Å². The smallest absolute Gasteiger partial charge is 0.410 e. The number of likely N-dealkylation sites (tertiary alicyclic amines) is 1. The molecule has 16 heavy (non-hydrogen) atoms. The molecule has 1 heterocycles. The first-order chi connectivity index (χ1) is 7.20. The van der Waals surface area contributed by atoms with E-state index in [0.29, 0.717) is 6.42 Å². The van der Waals surface area contributed by atoms with Gasteiger partial charge in [0, 0.05) is 12.6 Å². The lowest BCUT2D eigenvalue weighted by Crippen LogP contribution is -2.39. The number of hydrogen-bond donors (Lipinski definition) is 1. The third-order valence-corrected chi connectivity index (χ3v) is 2.55. The van der Waals surface area contributed by atoms with Gasteiger partial charge >= 0.3 is 12.1 Å². The molecule has 0 aromatic rings. The van der Waals surface area contributed by atoms with Crippen molar-refractivity contribution >= 4 is 12.1 Å². The lowest BCUT2D eigenvalue weighted by atomic mass is 10.1. The van der Waals surface area contributed by atoms with Crippen LogP contribution in [-0.4, -0.2) is 40.3 Å². The van der Waals surface area contributed by atoms with E-state index in [2.05, 4.69) is 0 Å². The number of nitrogens with zero attached hydrogens (tertiary/aromatic N) is 1. The van der Waals surface area contributed by atoms with Crippen LogP contribution in [0.3, 0.4) is 0 Å². The third kappa shape index (κ3) is 3.12. The molecule has 1 amide bonds. The second-order valence-corrected chi connectivity index (χ2v) is 5.25. The normalized spacial score (nSPS) is 25.6. The van der Waals surface area contributed by atoms with E-state index in [1.54, 1.807) is 20.8 Å². The van der Waals surface area contributed by atoms with Crippen LogP contribution in [0, 0.1) is 5.92 Å². The molecule has 2 atom stereocenters. The summed E-state index contributed by atoms with van der Waals surface area (Å²) in [4.78, 5) is 24.1. The maximum Gasteiger partial charge on any atom is 0.410 e. The van der Waals surface area contributed by atoms with Gasteiger partial charge in [-0.05, 0) is 34.1 Å². The Bertz CT molecular complexity index is 295. The Labute approximate surface area is 95.4 Å². The quantitative estimate of drug-likeness (QED) is 0.743. The Morgan fingerprint density at radius 3 is 2.31 bits per heavy atom. The SMILES string of the molecule is C[C@H]1CC(C(=O)O)CN1C(=O)OC(C)(C)C. The summed E-state index contributed by atoms with van der Waals surface area (Å²) in [5.74, 6) is -1.32. The molecule has 1 aliphatic rings. The predicted molar refractivity (Wildman–Crippen MR) is 58.1 cm³/mol. The number of hydrogen-bond acceptors (Lipinski definition) is 3. The highest BCUT2D eigenvalue weighted by Gasteiger charge is 2.38. The topological polar surface area (TPSA) is 66.8 Å². The minimum absolute atomic E-state index is 0.0732. The van der Waals surface area contributed by atoms with E-state index in [0.717, 1.165) is 0 Å². The Hall–Kier alpha value is -1.26. The van der Waals surface area contributed by atoms with Gasteiger partial charge in [-0.3, -0.25) is 4.79 Å². The van der Waals surface area contributed by atoms with Crippen molar-refractivity contribution in [2.45, 2.75) is 45.8 Å². The molecule has 0 aliphatic carbocycles. The van der Waals surface area contributed by atoms with Gasteiger partial charge in [0.2, 0.25) is 0 Å². The predicted octanol–water partition coefficient (Wildman–Crippen LogP) is 1.72. The Kier molecular flexibility index (Phi) is 3.45. The molecule has 0 aromatic carbocycles. The summed E-state index contributed by atoms with van der Waals surface area (Å²) in [6, 6.07) is -0.0732. The number of carbonyl (C=O) groups is 2. The molecule has 1 unspecified atom stereocenters. The van der Waals surface area contributed by atoms with Crippen molar-refractivity contribution in [2.24, 2.45) is 5.92 Å². The zero-order valence-corrected chi connectivity index (χ0v) is 10.2. The van der Waals surface area contributed by atoms with Crippen molar-refractivity contribution in [2.75, 3.05) is 6.54 Å². The van der Waals surface area contributed by atoms with Crippen LogP contribution in [0.2, 0.25) is 0 Å². The molecule has 0 spiro atoms. The Morgan fingerprint density at radius 2 is 1.94 bits per heavy atom. The molecule has 1 aliphatic heterocycles. The van der Waals surface area contributed by atoms with Crippen molar-refractivity contribution in [3.63, 3.8) is 0 Å². The van der Waals surface area contributed by atoms with E-state index in [4.69, 9.17) is 9.84 Å². The van der Waals surface area contributed by atoms with Crippen LogP contribution in [0.1, 0.15) is 34.1 Å². The monoisotopic (exact) mass is 229 g/mol. The van der Waals surface area contributed by atoms with Crippen molar-refractivity contribution in [3.05, 3.63) is 0 Å². The molecule has 0 bridgehead atoms. The second-order valence-electron chi connectivity index (χ2n) is 5.25. The summed E-state index contributed by atoms with van der Waals surface area (Å²) in [6.45, 7) is 7.46. The lowest BCUT2D eigenvalue weighted by molar-refractivity contribution is -0.141. The first-order valence-electron chi connectivity index (χ1n) is 5.43. The van der Waals surface area contributed by atoms with E-state index >= 15 is 0 Å². The molecule has 0 saturated carbocycles. The second kappa shape index (κ2) is 4.31. The van der Waals surface area contributed by atoms with Crippen LogP contribution in [0.5, 0.6) is 0 Å². The highest BCUT2D eigenvalue weighted by molar-refractivity contribution is 5.74. The molecule has 5 heteroatoms. The summed E-state index contributed by atoms with van der Waals surface area (Å²) < 4.78 is 5.21. The molecular weight excluding hydrogens is 210 g/mol. The van der Waals surface area contributed by atoms with Crippen LogP contribution in [0.25, 0.3) is 0 Å². The fourth-order valence-corrected chi connectivity index (χ4v) is 1.78. The first kappa shape index (κ1) is 12.8. The van der Waals surface area contributed by atoms with E-state index < -0.39 is 23.6 Å². The van der Waals surface area contributed by atoms with Crippen molar-refractivity contribution in [3.8, 4) is 0 Å². The molecule has 1 saturated heterocycles. The molecular formula is C11H19NO4. The Morgan fingerprint density at radius 1 is 1.38 bits per heavy atom. The van der Waals surface area contributed by atoms with E-state index in [1.807, 2.05) is 6.92 Å². The van der Waals surface area contributed by atoms with Crippen molar-refractivity contribution < 1.29 is 19.4 Å². The first-order valence-corrected chi connectivity index (χ1v) is 5.43. The summed E-state index contributed by atoms with van der Waals surface area (Å²) in [5, 5.41) is 8.88. The number of amides is 1. The molecule has 1 fully saturated rings. The summed E-state index contributed by atoms with van der Waals surface area (Å²) >= 11 is 0. The maximum atomic E-state index is 11.8. The Balaban J connectivity index is 2.61. The number of rotatable bonds is 1. The number of ether oxygens (including phenoxy) is 1. The maximum absolute atomic E-state index is 11.8. The van der Waals surface area contributed by atoms with Crippen molar-refractivity contribution in [1.82, 2.24) is 4.90 Å². The van der Waals surface area contributed by atoms with E-state index in [1.165, 1.54) is 4.90 Å². The highest BCUT2D eigenvalue weighted by atomic mass is 16.6. The summed E-state index contributed by atoms with van der Waals surface area (Å²) in [5.41, 5.74) is -0.544. The van der Waals surface area contributed by atoms with Gasteiger partial charge in [-0.25, -0.2) is 4.79 Å². The average molecular weight is 229 g/mol. The van der Waals surface area contributed by atoms with Gasteiger partial charge in [0.25, 0.3) is 0 Å². The average Bonchev–Trinajstić information content (AvgIpc) is 2.44. The molecule has 1 N–H and O–H groups in total. The zero-order chi connectivity index (χ0) is 12.5. The van der Waals surface area contributed by atoms with Crippen LogP contribution < -0.4 is 0 Å². The highest BCUT2D eigenvalue weighted by Crippen LogP contribution is 2.25. The fraction of sp³-hybridized carbons (Fsp3) is 0.818. The van der Waals surface area contributed by atoms with E-state index in [-0.39, 0.29) is 12.6 Å². The molecule has 92 valence electrons. The molecule has 5 nitrogen and oxygen atoms in total. The third-order valence-electron chi connectivity index (χ3n) is 2.55. The van der Waals surface area contributed by atoms with Crippen molar-refractivity contribution in [1.29, 1.82) is 0 Å². The van der Waals surface area contributed by atoms with Crippen LogP contribution in [-0.2, 0) is 9.53 Å². The largest absolute Gasteiger partial charge is 0.481 e. The minimum atomic E-state index is -0.849. The van der Waals surface area contributed by atoms with E-state index in [9.17, 15) is 9.59 Å². The van der Waals surface area contributed by atoms with Crippen LogP contribution >= 0.6 is 0 Å². The zero-order valence-electron chi connectivity index (χ0n) is 10.2. The standard InChI is InChI=1S/C11H19NO4/c1-7-5-8(9(13)14)6-12(7)10(15)16-11(2,3)4/h7-8H,5-6H2,1-4H3,(H,13,14)/t7-,8?/m0/s1. The van der Waals surface area contributed by atoms with Gasteiger partial charge in [-0.1, -0.05) is 0 Å². The summed E-state index contributed by atoms with van der Waals surface area (Å²) in [7, 11) is 0. The van der Waals surface area contributed by atoms with Gasteiger partial charge < -0.3 is 14.7 Å². The van der Waals surface area contributed by atoms with Gasteiger partial charge in [-0.2, -0.15) is 0 Å². The number of carbonyl (C=O) groups excluding carboxylic acids is 1. The number of carboxylic acid groups (broad SMARTS) is 1. The van der Waals surface area contributed by atoms with Gasteiger partial charge in [0.15, 0.2) is 0 Å². The molecule has 1 rings (SSSR count). The fourth-order valence-electron chi connectivity index (χ4n) is 1.78. The van der Waals surface area contributed by atoms with Gasteiger partial charge in [0.05, 0.1) is 5.92 Å². The van der Waals surface area contributed by atoms with Gasteiger partial charge in [-0.15, -0.1) is 0 Å². The number of aliphatic carboxylic acids is 1. The molecule has 0 radical (unpaired) electrons. The summed E-state index contributed by atoms with van der Waals surface area (Å²) in [6.07, 6.45) is 0.0675.